The van der Waals surface area contributed by atoms with Crippen molar-refractivity contribution < 1.29 is 34.3 Å². The van der Waals surface area contributed by atoms with Gasteiger partial charge in [0.25, 0.3) is 0 Å². The van der Waals surface area contributed by atoms with Gasteiger partial charge in [-0.25, -0.2) is 0 Å². The van der Waals surface area contributed by atoms with Gasteiger partial charge in [0, 0.05) is 11.8 Å². The molecule has 7 heteroatoms. The molecule has 3 N–H and O–H groups in total. The number of carbonyl (C=O) groups excluding carboxylic acids is 1. The fourth-order valence-corrected chi connectivity index (χ4v) is 7.63. The number of aliphatic hydroxyl groups excluding tert-OH is 1. The molecule has 0 radical (unpaired) electrons. The lowest BCUT2D eigenvalue weighted by molar-refractivity contribution is -0.447. The molecule has 182 valence electrons. The molecule has 1 unspecified atom stereocenters. The van der Waals surface area contributed by atoms with Gasteiger partial charge in [0.15, 0.2) is 6.29 Å². The van der Waals surface area contributed by atoms with E-state index in [-0.39, 0.29) is 25.4 Å². The molecule has 3 saturated heterocycles. The molecule has 2 saturated carbocycles. The van der Waals surface area contributed by atoms with E-state index in [1.165, 1.54) is 0 Å². The minimum atomic E-state index is -1.75. The van der Waals surface area contributed by atoms with Gasteiger partial charge in [0.1, 0.15) is 11.7 Å². The van der Waals surface area contributed by atoms with Gasteiger partial charge in [0.2, 0.25) is 5.79 Å². The van der Waals surface area contributed by atoms with Gasteiger partial charge in [-0.05, 0) is 42.0 Å². The lowest BCUT2D eigenvalue weighted by atomic mass is 9.43. The van der Waals surface area contributed by atoms with E-state index in [0.29, 0.717) is 12.8 Å². The van der Waals surface area contributed by atoms with Crippen LogP contribution < -0.4 is 0 Å². The van der Waals surface area contributed by atoms with Crippen LogP contribution >= 0.6 is 0 Å². The number of ether oxygens (including phenoxy) is 3. The third-order valence-electron chi connectivity index (χ3n) is 9.91. The van der Waals surface area contributed by atoms with Gasteiger partial charge in [0.05, 0.1) is 24.0 Å². The van der Waals surface area contributed by atoms with Crippen LogP contribution in [0.15, 0.2) is 42.5 Å². The minimum absolute atomic E-state index is 0.00361. The van der Waals surface area contributed by atoms with Crippen LogP contribution in [0.3, 0.4) is 0 Å². The van der Waals surface area contributed by atoms with Gasteiger partial charge in [-0.2, -0.15) is 0 Å². The van der Waals surface area contributed by atoms with E-state index >= 15 is 0 Å². The molecule has 2 aliphatic carbocycles. The molecule has 7 rings (SSSR count). The second kappa shape index (κ2) is 6.80. The topological polar surface area (TPSA) is 105 Å². The Balaban J connectivity index is 1.39. The Hall–Kier alpha value is -2.03. The molecular weight excluding hydrogens is 436 g/mol. The van der Waals surface area contributed by atoms with E-state index in [1.54, 1.807) is 13.8 Å². The SMILES string of the molecule is C[C@@H]1CC[C@@]2(O)[C@]13C[C@@]1(OC(=O)Cc4ccc5ccccc5c4)OC(OC[C@@]2(C)[C@@]1(C)O)[C@@H]3O. The Morgan fingerprint density at radius 3 is 2.65 bits per heavy atom. The summed E-state index contributed by atoms with van der Waals surface area (Å²) in [5.41, 5.74) is -4.60. The molecule has 5 aliphatic rings. The largest absolute Gasteiger partial charge is 0.429 e. The number of benzene rings is 2. The summed E-state index contributed by atoms with van der Waals surface area (Å²) in [5.74, 6) is -2.36. The monoisotopic (exact) mass is 468 g/mol. The molecule has 8 atom stereocenters. The normalized spacial score (nSPS) is 46.9. The summed E-state index contributed by atoms with van der Waals surface area (Å²) in [4.78, 5) is 13.3. The first-order valence-electron chi connectivity index (χ1n) is 12.1. The molecule has 5 fully saturated rings. The lowest BCUT2D eigenvalue weighted by Crippen LogP contribution is -2.83. The third-order valence-corrected chi connectivity index (χ3v) is 9.91. The zero-order valence-corrected chi connectivity index (χ0v) is 19.8. The standard InChI is InChI=1S/C27H32O7/c1-16-10-11-26(31)23(2)15-32-22-21(29)25(16,26)14-27(34-22,24(23,3)30)33-20(28)13-17-8-9-18-6-4-5-7-19(18)12-17/h4-9,12,16,21-22,29-31H,10-11,13-15H2,1-3H3/t16-,21+,22?,23+,24-,25-,26+,27-/m1/s1. The van der Waals surface area contributed by atoms with Crippen LogP contribution in [0.2, 0.25) is 0 Å². The number of carbonyl (C=O) groups is 1. The summed E-state index contributed by atoms with van der Waals surface area (Å²) in [6, 6.07) is 13.7. The first-order valence-corrected chi connectivity index (χ1v) is 12.1. The zero-order chi connectivity index (χ0) is 24.1. The highest BCUT2D eigenvalue weighted by atomic mass is 16.8. The van der Waals surface area contributed by atoms with Crippen molar-refractivity contribution in [2.75, 3.05) is 6.61 Å². The Labute approximate surface area is 198 Å². The van der Waals surface area contributed by atoms with E-state index in [9.17, 15) is 20.1 Å². The average molecular weight is 469 g/mol. The Bertz CT molecular complexity index is 1180. The number of esters is 1. The van der Waals surface area contributed by atoms with Crippen LogP contribution in [0.1, 0.15) is 45.6 Å². The highest BCUT2D eigenvalue weighted by Gasteiger charge is 2.86. The molecule has 2 aromatic rings. The van der Waals surface area contributed by atoms with E-state index in [4.69, 9.17) is 14.2 Å². The molecule has 34 heavy (non-hydrogen) atoms. The van der Waals surface area contributed by atoms with Crippen molar-refractivity contribution in [3.8, 4) is 0 Å². The Kier molecular flexibility index (Phi) is 4.49. The van der Waals surface area contributed by atoms with E-state index in [1.807, 2.05) is 49.4 Å². The second-order valence-electron chi connectivity index (χ2n) is 11.2. The Morgan fingerprint density at radius 2 is 1.88 bits per heavy atom. The van der Waals surface area contributed by atoms with Crippen LogP contribution in [0, 0.1) is 16.7 Å². The molecule has 3 aliphatic heterocycles. The van der Waals surface area contributed by atoms with Crippen LogP contribution in [-0.2, 0) is 25.4 Å². The average Bonchev–Trinajstić information content (AvgIpc) is 3.00. The molecule has 7 nitrogen and oxygen atoms in total. The van der Waals surface area contributed by atoms with Crippen molar-refractivity contribution in [2.45, 2.75) is 75.8 Å². The summed E-state index contributed by atoms with van der Waals surface area (Å²) in [6.45, 7) is 5.30. The van der Waals surface area contributed by atoms with Gasteiger partial charge in [-0.3, -0.25) is 4.79 Å². The molecule has 2 aromatic carbocycles. The molecule has 0 aromatic heterocycles. The number of rotatable bonds is 3. The Morgan fingerprint density at radius 1 is 1.15 bits per heavy atom. The van der Waals surface area contributed by atoms with Gasteiger partial charge in [-0.1, -0.05) is 56.3 Å². The second-order valence-corrected chi connectivity index (χ2v) is 11.2. The van der Waals surface area contributed by atoms with Crippen molar-refractivity contribution in [1.29, 1.82) is 0 Å². The highest BCUT2D eigenvalue weighted by Crippen LogP contribution is 2.74. The maximum absolute atomic E-state index is 13.3. The van der Waals surface area contributed by atoms with Crippen molar-refractivity contribution in [3.63, 3.8) is 0 Å². The van der Waals surface area contributed by atoms with Crippen LogP contribution in [0.4, 0.5) is 0 Å². The van der Waals surface area contributed by atoms with Gasteiger partial charge in [-0.15, -0.1) is 0 Å². The summed E-state index contributed by atoms with van der Waals surface area (Å²) >= 11 is 0. The van der Waals surface area contributed by atoms with Crippen LogP contribution in [0.5, 0.6) is 0 Å². The maximum Gasteiger partial charge on any atom is 0.312 e. The quantitative estimate of drug-likeness (QED) is 0.595. The van der Waals surface area contributed by atoms with E-state index < -0.39 is 46.2 Å². The number of hydrogen-bond acceptors (Lipinski definition) is 7. The molecular formula is C27H32O7. The number of fused-ring (bicyclic) bond motifs is 2. The van der Waals surface area contributed by atoms with Crippen molar-refractivity contribution in [3.05, 3.63) is 48.0 Å². The highest BCUT2D eigenvalue weighted by molar-refractivity contribution is 5.84. The minimum Gasteiger partial charge on any atom is -0.429 e. The fourth-order valence-electron chi connectivity index (χ4n) is 7.63. The van der Waals surface area contributed by atoms with Gasteiger partial charge < -0.3 is 29.5 Å². The molecule has 4 bridgehead atoms. The number of hydrogen-bond donors (Lipinski definition) is 3. The number of aliphatic hydroxyl groups is 3. The van der Waals surface area contributed by atoms with Crippen LogP contribution in [-0.4, -0.2) is 57.3 Å². The summed E-state index contributed by atoms with van der Waals surface area (Å²) in [6.07, 6.45) is -1.08. The van der Waals surface area contributed by atoms with E-state index in [0.717, 1.165) is 16.3 Å². The smallest absolute Gasteiger partial charge is 0.312 e. The predicted molar refractivity (Wildman–Crippen MR) is 122 cm³/mol. The van der Waals surface area contributed by atoms with Crippen molar-refractivity contribution in [1.82, 2.24) is 0 Å². The third kappa shape index (κ3) is 2.42. The zero-order valence-electron chi connectivity index (χ0n) is 19.8. The predicted octanol–water partition coefficient (Wildman–Crippen LogP) is 2.68. The molecule has 3 heterocycles. The summed E-state index contributed by atoms with van der Waals surface area (Å²) in [7, 11) is 0. The van der Waals surface area contributed by atoms with Crippen molar-refractivity contribution in [2.24, 2.45) is 16.7 Å². The first kappa shape index (κ1) is 22.4. The lowest BCUT2D eigenvalue weighted by Gasteiger charge is -2.69. The first-order chi connectivity index (χ1) is 16.0. The van der Waals surface area contributed by atoms with Crippen LogP contribution in [0.25, 0.3) is 10.8 Å². The molecule has 1 spiro atoms. The van der Waals surface area contributed by atoms with Crippen molar-refractivity contribution >= 4 is 16.7 Å². The summed E-state index contributed by atoms with van der Waals surface area (Å²) < 4.78 is 18.1. The molecule has 0 amide bonds. The fraction of sp³-hybridized carbons (Fsp3) is 0.593. The van der Waals surface area contributed by atoms with Gasteiger partial charge >= 0.3 is 5.97 Å². The maximum atomic E-state index is 13.3. The van der Waals surface area contributed by atoms with E-state index in [2.05, 4.69) is 0 Å². The summed E-state index contributed by atoms with van der Waals surface area (Å²) in [5, 5.41) is 37.6.